The molecular weight excluding hydrogens is 316 g/mol. The van der Waals surface area contributed by atoms with E-state index in [0.29, 0.717) is 0 Å². The molecule has 0 saturated carbocycles. The van der Waals surface area contributed by atoms with E-state index in [1.165, 1.54) is 18.9 Å². The van der Waals surface area contributed by atoms with Gasteiger partial charge in [-0.05, 0) is 51.8 Å². The van der Waals surface area contributed by atoms with Gasteiger partial charge in [0, 0.05) is 4.90 Å². The van der Waals surface area contributed by atoms with E-state index in [9.17, 15) is 9.59 Å². The summed E-state index contributed by atoms with van der Waals surface area (Å²) in [6.45, 7) is 7.25. The van der Waals surface area contributed by atoms with Gasteiger partial charge in [0.15, 0.2) is 0 Å². The molecule has 1 rings (SSSR count). The van der Waals surface area contributed by atoms with E-state index in [1.807, 2.05) is 51.1 Å². The van der Waals surface area contributed by atoms with Crippen LogP contribution in [0.4, 0.5) is 0 Å². The van der Waals surface area contributed by atoms with Gasteiger partial charge in [-0.2, -0.15) is 0 Å². The molecule has 0 saturated heterocycles. The van der Waals surface area contributed by atoms with Crippen LogP contribution in [0.15, 0.2) is 35.2 Å². The van der Waals surface area contributed by atoms with Gasteiger partial charge in [-0.3, -0.25) is 9.59 Å². The normalized spacial score (nSPS) is 14.1. The molecule has 0 unspecified atom stereocenters. The van der Waals surface area contributed by atoms with Crippen LogP contribution in [-0.4, -0.2) is 41.3 Å². The molecule has 0 radical (unpaired) electrons. The fourth-order valence-electron chi connectivity index (χ4n) is 1.50. The maximum Gasteiger partial charge on any atom is 0.325 e. The van der Waals surface area contributed by atoms with E-state index < -0.39 is 29.6 Å². The molecule has 0 aromatic heterocycles. The summed E-state index contributed by atoms with van der Waals surface area (Å²) in [5.74, 6) is -1.49. The van der Waals surface area contributed by atoms with Gasteiger partial charge in [-0.15, -0.1) is 0 Å². The summed E-state index contributed by atoms with van der Waals surface area (Å²) in [5.41, 5.74) is -0.393. The molecule has 0 aliphatic heterocycles. The van der Waals surface area contributed by atoms with Crippen LogP contribution in [-0.2, 0) is 14.3 Å². The van der Waals surface area contributed by atoms with Crippen LogP contribution in [0.25, 0.3) is 0 Å². The first-order chi connectivity index (χ1) is 10.7. The van der Waals surface area contributed by atoms with E-state index in [4.69, 9.17) is 9.84 Å². The van der Waals surface area contributed by atoms with Crippen LogP contribution in [0, 0.1) is 0 Å². The number of carbonyl (C=O) groups excluding carboxylic acids is 1. The van der Waals surface area contributed by atoms with Crippen molar-refractivity contribution >= 4 is 23.8 Å². The second-order valence-electron chi connectivity index (χ2n) is 6.08. The molecule has 1 aromatic rings. The van der Waals surface area contributed by atoms with Gasteiger partial charge in [-0.25, -0.2) is 4.72 Å². The summed E-state index contributed by atoms with van der Waals surface area (Å²) < 4.78 is 8.70. The number of carboxylic acids is 1. The van der Waals surface area contributed by atoms with E-state index in [2.05, 4.69) is 10.0 Å². The number of carbonyl (C=O) groups is 2. The molecule has 2 atom stereocenters. The number of benzene rings is 1. The highest BCUT2D eigenvalue weighted by Crippen LogP contribution is 2.15. The van der Waals surface area contributed by atoms with E-state index in [0.717, 1.165) is 4.90 Å². The maximum atomic E-state index is 12.3. The van der Waals surface area contributed by atoms with E-state index in [1.54, 1.807) is 0 Å². The molecule has 128 valence electrons. The Hall–Kier alpha value is -1.57. The Morgan fingerprint density at radius 2 is 1.87 bits per heavy atom. The van der Waals surface area contributed by atoms with Gasteiger partial charge in [0.05, 0.1) is 12.2 Å². The van der Waals surface area contributed by atoms with Gasteiger partial charge >= 0.3 is 5.97 Å². The second kappa shape index (κ2) is 8.90. The lowest BCUT2D eigenvalue weighted by molar-refractivity contribution is -0.142. The third-order valence-corrected chi connectivity index (χ3v) is 3.70. The predicted octanol–water partition coefficient (Wildman–Crippen LogP) is 2.06. The Kier molecular flexibility index (Phi) is 7.54. The molecule has 6 nitrogen and oxygen atoms in total. The molecule has 7 heteroatoms. The smallest absolute Gasteiger partial charge is 0.325 e. The number of rotatable bonds is 8. The highest BCUT2D eigenvalue weighted by Gasteiger charge is 2.25. The van der Waals surface area contributed by atoms with Gasteiger partial charge in [-0.1, -0.05) is 18.2 Å². The summed E-state index contributed by atoms with van der Waals surface area (Å²) in [6.07, 6.45) is 0. The van der Waals surface area contributed by atoms with Crippen LogP contribution < -0.4 is 10.0 Å². The zero-order valence-corrected chi connectivity index (χ0v) is 14.6. The van der Waals surface area contributed by atoms with Crippen molar-refractivity contribution in [3.8, 4) is 0 Å². The minimum atomic E-state index is -1.08. The molecule has 1 aromatic carbocycles. The molecule has 0 aliphatic carbocycles. The second-order valence-corrected chi connectivity index (χ2v) is 6.99. The minimum Gasteiger partial charge on any atom is -0.480 e. The van der Waals surface area contributed by atoms with Crippen LogP contribution in [0.5, 0.6) is 0 Å². The average Bonchev–Trinajstić information content (AvgIpc) is 2.46. The maximum absolute atomic E-state index is 12.3. The zero-order valence-electron chi connectivity index (χ0n) is 13.8. The summed E-state index contributed by atoms with van der Waals surface area (Å²) in [4.78, 5) is 24.1. The highest BCUT2D eigenvalue weighted by molar-refractivity contribution is 7.97. The first-order valence-corrected chi connectivity index (χ1v) is 8.15. The van der Waals surface area contributed by atoms with Gasteiger partial charge < -0.3 is 15.2 Å². The molecule has 0 heterocycles. The first kappa shape index (κ1) is 19.5. The van der Waals surface area contributed by atoms with Gasteiger partial charge in [0.2, 0.25) is 5.91 Å². The summed E-state index contributed by atoms with van der Waals surface area (Å²) >= 11 is 1.30. The predicted molar refractivity (Wildman–Crippen MR) is 90.2 cm³/mol. The third-order valence-electron chi connectivity index (χ3n) is 2.79. The Balaban J connectivity index is 2.67. The topological polar surface area (TPSA) is 87.7 Å². The number of carboxylic acid groups (broad SMARTS) is 1. The Labute approximate surface area is 141 Å². The number of hydrogen-bond acceptors (Lipinski definition) is 5. The van der Waals surface area contributed by atoms with Crippen LogP contribution >= 0.6 is 11.9 Å². The van der Waals surface area contributed by atoms with Crippen molar-refractivity contribution in [2.24, 2.45) is 0 Å². The molecule has 23 heavy (non-hydrogen) atoms. The zero-order chi connectivity index (χ0) is 17.5. The number of hydrogen-bond donors (Lipinski definition) is 3. The number of ether oxygens (including phenoxy) is 1. The molecule has 3 N–H and O–H groups in total. The van der Waals surface area contributed by atoms with Gasteiger partial charge in [0.25, 0.3) is 0 Å². The SMILES string of the molecule is C[C@H](NC(=O)[C@@H](COC(C)(C)C)NSc1ccccc1)C(=O)O. The molecular formula is C16H24N2O4S. The Morgan fingerprint density at radius 1 is 1.26 bits per heavy atom. The lowest BCUT2D eigenvalue weighted by atomic mass is 10.2. The van der Waals surface area contributed by atoms with Crippen LogP contribution in [0.1, 0.15) is 27.7 Å². The molecule has 0 aliphatic rings. The summed E-state index contributed by atoms with van der Waals surface area (Å²) in [5, 5.41) is 11.4. The molecule has 0 spiro atoms. The van der Waals surface area contributed by atoms with E-state index in [-0.39, 0.29) is 6.61 Å². The fraction of sp³-hybridized carbons (Fsp3) is 0.500. The Bertz CT molecular complexity index is 517. The van der Waals surface area contributed by atoms with Crippen molar-refractivity contribution in [2.75, 3.05) is 6.61 Å². The number of amides is 1. The molecule has 0 fully saturated rings. The van der Waals surface area contributed by atoms with Crippen molar-refractivity contribution in [1.82, 2.24) is 10.0 Å². The van der Waals surface area contributed by atoms with Crippen molar-refractivity contribution in [1.29, 1.82) is 0 Å². The minimum absolute atomic E-state index is 0.140. The monoisotopic (exact) mass is 340 g/mol. The fourth-order valence-corrected chi connectivity index (χ4v) is 2.25. The van der Waals surface area contributed by atoms with Crippen LogP contribution in [0.3, 0.4) is 0 Å². The van der Waals surface area contributed by atoms with Crippen LogP contribution in [0.2, 0.25) is 0 Å². The molecule has 1 amide bonds. The van der Waals surface area contributed by atoms with Crippen molar-refractivity contribution in [3.05, 3.63) is 30.3 Å². The number of aliphatic carboxylic acids is 1. The summed E-state index contributed by atoms with van der Waals surface area (Å²) in [6, 6.07) is 7.92. The van der Waals surface area contributed by atoms with Crippen molar-refractivity contribution in [2.45, 2.75) is 50.3 Å². The largest absolute Gasteiger partial charge is 0.480 e. The third kappa shape index (κ3) is 8.01. The molecule has 0 bridgehead atoms. The van der Waals surface area contributed by atoms with Crippen molar-refractivity contribution in [3.63, 3.8) is 0 Å². The lowest BCUT2D eigenvalue weighted by Crippen LogP contribution is -2.50. The summed E-state index contributed by atoms with van der Waals surface area (Å²) in [7, 11) is 0. The first-order valence-electron chi connectivity index (χ1n) is 7.33. The highest BCUT2D eigenvalue weighted by atomic mass is 32.2. The standard InChI is InChI=1S/C16H24N2O4S/c1-11(15(20)21)17-14(19)13(10-22-16(2,3)4)18-23-12-8-6-5-7-9-12/h5-9,11,13,18H,10H2,1-4H3,(H,17,19)(H,20,21)/t11-,13+/m0/s1. The van der Waals surface area contributed by atoms with Crippen molar-refractivity contribution < 1.29 is 19.4 Å². The average molecular weight is 340 g/mol. The van der Waals surface area contributed by atoms with E-state index >= 15 is 0 Å². The van der Waals surface area contributed by atoms with Gasteiger partial charge in [0.1, 0.15) is 12.1 Å². The quantitative estimate of drug-likeness (QED) is 0.628. The number of nitrogens with one attached hydrogen (secondary N) is 2. The lowest BCUT2D eigenvalue weighted by Gasteiger charge is -2.25. The Morgan fingerprint density at radius 3 is 2.39 bits per heavy atom.